The summed E-state index contributed by atoms with van der Waals surface area (Å²) < 4.78 is 0. The van der Waals surface area contributed by atoms with Crippen LogP contribution >= 0.6 is 11.8 Å². The molecule has 0 bridgehead atoms. The molecule has 1 aliphatic heterocycles. The van der Waals surface area contributed by atoms with Crippen LogP contribution in [0.4, 0.5) is 17.1 Å². The molecule has 1 N–H and O–H groups in total. The Kier molecular flexibility index (Phi) is 4.99. The van der Waals surface area contributed by atoms with Crippen molar-refractivity contribution >= 4 is 40.6 Å². The van der Waals surface area contributed by atoms with E-state index in [9.17, 15) is 9.59 Å². The zero-order chi connectivity index (χ0) is 18.0. The number of nitrogens with one attached hydrogen (secondary N) is 1. The highest BCUT2D eigenvalue weighted by atomic mass is 32.2. The third-order valence-electron chi connectivity index (χ3n) is 4.03. The maximum Gasteiger partial charge on any atom is 0.238 e. The lowest BCUT2D eigenvalue weighted by molar-refractivity contribution is -0.116. The molecule has 1 saturated heterocycles. The first-order chi connectivity index (χ1) is 12.0. The smallest absolute Gasteiger partial charge is 0.238 e. The standard InChI is InChI=1S/C19H21N3O2S/c1-13(23)20-15-6-4-14(5-7-15)19-22(18(24)12-25-19)17-10-8-16(9-11-17)21(2)3/h4-11,19H,12H2,1-3H3,(H,20,23)/t19-/m0/s1. The third-order valence-corrected chi connectivity index (χ3v) is 5.24. The van der Waals surface area contributed by atoms with Crippen molar-refractivity contribution in [3.63, 3.8) is 0 Å². The molecule has 3 rings (SSSR count). The van der Waals surface area contributed by atoms with E-state index in [0.29, 0.717) is 5.75 Å². The Morgan fingerprint density at radius 3 is 2.32 bits per heavy atom. The normalized spacial score (nSPS) is 16.8. The van der Waals surface area contributed by atoms with Crippen molar-refractivity contribution in [3.05, 3.63) is 54.1 Å². The number of carbonyl (C=O) groups excluding carboxylic acids is 2. The van der Waals surface area contributed by atoms with Gasteiger partial charge in [-0.3, -0.25) is 14.5 Å². The van der Waals surface area contributed by atoms with E-state index in [4.69, 9.17) is 0 Å². The van der Waals surface area contributed by atoms with Crippen LogP contribution in [0, 0.1) is 0 Å². The van der Waals surface area contributed by atoms with Crippen LogP contribution in [0.15, 0.2) is 48.5 Å². The van der Waals surface area contributed by atoms with Crippen LogP contribution in [0.3, 0.4) is 0 Å². The molecule has 1 atom stereocenters. The summed E-state index contributed by atoms with van der Waals surface area (Å²) >= 11 is 1.62. The second-order valence-corrected chi connectivity index (χ2v) is 7.21. The Hall–Kier alpha value is -2.47. The van der Waals surface area contributed by atoms with E-state index >= 15 is 0 Å². The lowest BCUT2D eigenvalue weighted by atomic mass is 10.1. The first-order valence-electron chi connectivity index (χ1n) is 8.04. The molecule has 0 saturated carbocycles. The van der Waals surface area contributed by atoms with Crippen molar-refractivity contribution in [1.29, 1.82) is 0 Å². The van der Waals surface area contributed by atoms with Crippen LogP contribution in [-0.2, 0) is 9.59 Å². The highest BCUT2D eigenvalue weighted by Crippen LogP contribution is 2.42. The van der Waals surface area contributed by atoms with E-state index in [1.807, 2.05) is 72.4 Å². The van der Waals surface area contributed by atoms with Gasteiger partial charge in [-0.15, -0.1) is 11.8 Å². The number of nitrogens with zero attached hydrogens (tertiary/aromatic N) is 2. The predicted octanol–water partition coefficient (Wildman–Crippen LogP) is 3.49. The molecule has 1 fully saturated rings. The summed E-state index contributed by atoms with van der Waals surface area (Å²) in [5, 5.41) is 2.71. The van der Waals surface area contributed by atoms with Crippen LogP contribution in [0.5, 0.6) is 0 Å². The molecule has 0 aromatic heterocycles. The second-order valence-electron chi connectivity index (χ2n) is 6.14. The van der Waals surface area contributed by atoms with Gasteiger partial charge in [0, 0.05) is 38.1 Å². The third kappa shape index (κ3) is 3.79. The Morgan fingerprint density at radius 1 is 1.12 bits per heavy atom. The van der Waals surface area contributed by atoms with Crippen molar-refractivity contribution in [2.45, 2.75) is 12.3 Å². The highest BCUT2D eigenvalue weighted by Gasteiger charge is 2.33. The topological polar surface area (TPSA) is 52.7 Å². The van der Waals surface area contributed by atoms with E-state index in [2.05, 4.69) is 5.32 Å². The molecule has 2 aromatic rings. The number of hydrogen-bond acceptors (Lipinski definition) is 4. The molecule has 6 heteroatoms. The molecule has 1 heterocycles. The van der Waals surface area contributed by atoms with Crippen LogP contribution in [0.25, 0.3) is 0 Å². The van der Waals surface area contributed by atoms with Crippen molar-refractivity contribution < 1.29 is 9.59 Å². The fraction of sp³-hybridized carbons (Fsp3) is 0.263. The summed E-state index contributed by atoms with van der Waals surface area (Å²) in [6, 6.07) is 15.7. The Balaban J connectivity index is 1.85. The summed E-state index contributed by atoms with van der Waals surface area (Å²) in [5.74, 6) is 0.479. The minimum absolute atomic E-state index is 0.0518. The molecule has 0 spiro atoms. The van der Waals surface area contributed by atoms with Gasteiger partial charge in [0.25, 0.3) is 0 Å². The monoisotopic (exact) mass is 355 g/mol. The molecule has 2 amide bonds. The number of amides is 2. The van der Waals surface area contributed by atoms with Crippen molar-refractivity contribution in [1.82, 2.24) is 0 Å². The van der Waals surface area contributed by atoms with Gasteiger partial charge in [-0.05, 0) is 42.0 Å². The molecule has 0 aliphatic carbocycles. The molecule has 0 radical (unpaired) electrons. The fourth-order valence-corrected chi connectivity index (χ4v) is 3.97. The first-order valence-corrected chi connectivity index (χ1v) is 9.09. The average Bonchev–Trinajstić information content (AvgIpc) is 2.96. The van der Waals surface area contributed by atoms with E-state index in [1.165, 1.54) is 6.92 Å². The first kappa shape index (κ1) is 17.4. The minimum Gasteiger partial charge on any atom is -0.378 e. The average molecular weight is 355 g/mol. The Labute approximate surface area is 152 Å². The summed E-state index contributed by atoms with van der Waals surface area (Å²) in [7, 11) is 3.98. The van der Waals surface area contributed by atoms with E-state index in [0.717, 1.165) is 22.6 Å². The number of hydrogen-bond donors (Lipinski definition) is 1. The zero-order valence-electron chi connectivity index (χ0n) is 14.5. The minimum atomic E-state index is -0.0965. The predicted molar refractivity (Wildman–Crippen MR) is 104 cm³/mol. The number of thioether (sulfide) groups is 1. The Bertz CT molecular complexity index is 772. The fourth-order valence-electron chi connectivity index (χ4n) is 2.80. The van der Waals surface area contributed by atoms with Gasteiger partial charge in [0.2, 0.25) is 11.8 Å². The van der Waals surface area contributed by atoms with Crippen LogP contribution < -0.4 is 15.1 Å². The van der Waals surface area contributed by atoms with E-state index in [1.54, 1.807) is 11.8 Å². The molecular formula is C19H21N3O2S. The SMILES string of the molecule is CC(=O)Nc1ccc([C@@H]2SCC(=O)N2c2ccc(N(C)C)cc2)cc1. The van der Waals surface area contributed by atoms with Crippen LogP contribution in [0.2, 0.25) is 0 Å². The number of carbonyl (C=O) groups is 2. The van der Waals surface area contributed by atoms with Gasteiger partial charge in [0.15, 0.2) is 0 Å². The summed E-state index contributed by atoms with van der Waals surface area (Å²) in [6.07, 6.45) is 0. The molecule has 130 valence electrons. The van der Waals surface area contributed by atoms with E-state index < -0.39 is 0 Å². The zero-order valence-corrected chi connectivity index (χ0v) is 15.3. The lowest BCUT2D eigenvalue weighted by Crippen LogP contribution is -2.27. The van der Waals surface area contributed by atoms with Crippen molar-refractivity contribution in [2.24, 2.45) is 0 Å². The van der Waals surface area contributed by atoms with Crippen LogP contribution in [-0.4, -0.2) is 31.7 Å². The molecule has 1 aliphatic rings. The Morgan fingerprint density at radius 2 is 1.76 bits per heavy atom. The second kappa shape index (κ2) is 7.19. The molecule has 25 heavy (non-hydrogen) atoms. The highest BCUT2D eigenvalue weighted by molar-refractivity contribution is 8.00. The maximum atomic E-state index is 12.4. The molecular weight excluding hydrogens is 334 g/mol. The van der Waals surface area contributed by atoms with Gasteiger partial charge in [-0.25, -0.2) is 0 Å². The van der Waals surface area contributed by atoms with Gasteiger partial charge < -0.3 is 10.2 Å². The maximum absolute atomic E-state index is 12.4. The summed E-state index contributed by atoms with van der Waals surface area (Å²) in [4.78, 5) is 27.4. The van der Waals surface area contributed by atoms with Crippen molar-refractivity contribution in [2.75, 3.05) is 35.0 Å². The molecule has 2 aromatic carbocycles. The van der Waals surface area contributed by atoms with Gasteiger partial charge in [-0.2, -0.15) is 0 Å². The summed E-state index contributed by atoms with van der Waals surface area (Å²) in [5.41, 5.74) is 3.80. The van der Waals surface area contributed by atoms with E-state index in [-0.39, 0.29) is 17.2 Å². The van der Waals surface area contributed by atoms with Gasteiger partial charge in [0.05, 0.1) is 5.75 Å². The van der Waals surface area contributed by atoms with Gasteiger partial charge >= 0.3 is 0 Å². The molecule has 0 unspecified atom stereocenters. The quantitative estimate of drug-likeness (QED) is 0.912. The largest absolute Gasteiger partial charge is 0.378 e. The number of anilines is 3. The summed E-state index contributed by atoms with van der Waals surface area (Å²) in [6.45, 7) is 1.48. The van der Waals surface area contributed by atoms with Gasteiger partial charge in [-0.1, -0.05) is 12.1 Å². The molecule has 5 nitrogen and oxygen atoms in total. The number of benzene rings is 2. The number of rotatable bonds is 4. The van der Waals surface area contributed by atoms with Crippen molar-refractivity contribution in [3.8, 4) is 0 Å². The lowest BCUT2D eigenvalue weighted by Gasteiger charge is -2.25. The van der Waals surface area contributed by atoms with Crippen LogP contribution in [0.1, 0.15) is 17.9 Å². The van der Waals surface area contributed by atoms with Gasteiger partial charge in [0.1, 0.15) is 5.37 Å².